The molecule has 3 rings (SSSR count). The Morgan fingerprint density at radius 2 is 1.95 bits per heavy atom. The summed E-state index contributed by atoms with van der Waals surface area (Å²) in [7, 11) is 0. The summed E-state index contributed by atoms with van der Waals surface area (Å²) in [4.78, 5) is 17.4. The molecule has 2 aromatic rings. The van der Waals surface area contributed by atoms with Crippen LogP contribution in [0.3, 0.4) is 0 Å². The van der Waals surface area contributed by atoms with Crippen LogP contribution in [0.15, 0.2) is 41.3 Å². The van der Waals surface area contributed by atoms with Gasteiger partial charge in [0.25, 0.3) is 5.91 Å². The van der Waals surface area contributed by atoms with Crippen LogP contribution in [-0.4, -0.2) is 16.6 Å². The van der Waals surface area contributed by atoms with Crippen molar-refractivity contribution in [2.75, 3.05) is 5.75 Å². The van der Waals surface area contributed by atoms with Crippen molar-refractivity contribution in [3.05, 3.63) is 57.8 Å². The van der Waals surface area contributed by atoms with Gasteiger partial charge < -0.3 is 5.32 Å². The first-order chi connectivity index (χ1) is 10.1. The molecule has 6 heteroatoms. The molecule has 0 bridgehead atoms. The summed E-state index contributed by atoms with van der Waals surface area (Å²) in [6.45, 7) is 0. The van der Waals surface area contributed by atoms with Crippen LogP contribution >= 0.6 is 35.0 Å². The number of nitrogens with zero attached hydrogens (tertiary/aromatic N) is 1. The number of fused-ring (bicyclic) bond motifs is 1. The average molecular weight is 339 g/mol. The Morgan fingerprint density at radius 3 is 2.71 bits per heavy atom. The lowest BCUT2D eigenvalue weighted by Gasteiger charge is -2.25. The number of aromatic nitrogens is 1. The highest BCUT2D eigenvalue weighted by Crippen LogP contribution is 2.35. The van der Waals surface area contributed by atoms with Gasteiger partial charge in [0, 0.05) is 16.2 Å². The van der Waals surface area contributed by atoms with Gasteiger partial charge in [0.2, 0.25) is 0 Å². The Kier molecular flexibility index (Phi) is 4.38. The summed E-state index contributed by atoms with van der Waals surface area (Å²) in [5.41, 5.74) is 1.59. The van der Waals surface area contributed by atoms with Crippen LogP contribution in [-0.2, 0) is 0 Å². The summed E-state index contributed by atoms with van der Waals surface area (Å²) >= 11 is 13.5. The van der Waals surface area contributed by atoms with Crippen molar-refractivity contribution in [1.29, 1.82) is 0 Å². The molecule has 1 aromatic heterocycles. The summed E-state index contributed by atoms with van der Waals surface area (Å²) in [5, 5.41) is 3.48. The Hall–Kier alpha value is -1.23. The van der Waals surface area contributed by atoms with Gasteiger partial charge >= 0.3 is 0 Å². The predicted octanol–water partition coefficient (Wildman–Crippen LogP) is 4.36. The van der Waals surface area contributed by atoms with E-state index >= 15 is 0 Å². The van der Waals surface area contributed by atoms with Crippen LogP contribution in [0.4, 0.5) is 0 Å². The largest absolute Gasteiger partial charge is 0.345 e. The number of benzene rings is 1. The van der Waals surface area contributed by atoms with E-state index in [9.17, 15) is 4.79 Å². The lowest BCUT2D eigenvalue weighted by atomic mass is 10.0. The minimum atomic E-state index is -0.187. The Balaban J connectivity index is 1.82. The number of nitrogens with one attached hydrogen (secondary N) is 1. The molecule has 2 heterocycles. The second-order valence-electron chi connectivity index (χ2n) is 4.70. The number of halogens is 2. The van der Waals surface area contributed by atoms with E-state index in [-0.39, 0.29) is 22.3 Å². The molecule has 0 saturated carbocycles. The van der Waals surface area contributed by atoms with E-state index in [1.165, 1.54) is 17.0 Å². The van der Waals surface area contributed by atoms with E-state index in [1.807, 2.05) is 23.9 Å². The highest BCUT2D eigenvalue weighted by molar-refractivity contribution is 7.99. The molecule has 21 heavy (non-hydrogen) atoms. The molecule has 1 aromatic carbocycles. The average Bonchev–Trinajstić information content (AvgIpc) is 2.46. The highest BCUT2D eigenvalue weighted by atomic mass is 35.5. The number of hydrogen-bond acceptors (Lipinski definition) is 3. The molecule has 1 aliphatic heterocycles. The third-order valence-electron chi connectivity index (χ3n) is 3.29. The minimum absolute atomic E-state index is 0.0145. The molecular formula is C15H12Cl2N2OS. The zero-order chi connectivity index (χ0) is 14.8. The lowest BCUT2D eigenvalue weighted by molar-refractivity contribution is 0.0935. The minimum Gasteiger partial charge on any atom is -0.345 e. The Labute approximate surface area is 137 Å². The van der Waals surface area contributed by atoms with E-state index in [1.54, 1.807) is 0 Å². The van der Waals surface area contributed by atoms with Crippen molar-refractivity contribution in [2.24, 2.45) is 0 Å². The molecule has 1 N–H and O–H groups in total. The van der Waals surface area contributed by atoms with Crippen molar-refractivity contribution in [3.8, 4) is 0 Å². The molecule has 3 nitrogen and oxygen atoms in total. The van der Waals surface area contributed by atoms with Gasteiger partial charge in [-0.05, 0) is 30.2 Å². The van der Waals surface area contributed by atoms with Gasteiger partial charge in [-0.1, -0.05) is 41.4 Å². The maximum absolute atomic E-state index is 12.4. The number of rotatable bonds is 2. The summed E-state index contributed by atoms with van der Waals surface area (Å²) in [5.74, 6) is 0.799. The van der Waals surface area contributed by atoms with Crippen molar-refractivity contribution in [1.82, 2.24) is 10.3 Å². The van der Waals surface area contributed by atoms with Crippen LogP contribution < -0.4 is 5.32 Å². The molecule has 0 fully saturated rings. The first-order valence-electron chi connectivity index (χ1n) is 6.49. The van der Waals surface area contributed by atoms with Crippen LogP contribution in [0.2, 0.25) is 10.3 Å². The van der Waals surface area contributed by atoms with E-state index in [4.69, 9.17) is 23.2 Å². The Morgan fingerprint density at radius 1 is 1.24 bits per heavy atom. The number of thioether (sulfide) groups is 1. The molecule has 0 radical (unpaired) electrons. The zero-order valence-electron chi connectivity index (χ0n) is 11.0. The molecule has 1 atom stereocenters. The predicted molar refractivity (Wildman–Crippen MR) is 86.2 cm³/mol. The number of carbonyl (C=O) groups is 1. The summed E-state index contributed by atoms with van der Waals surface area (Å²) < 4.78 is 0. The highest BCUT2D eigenvalue weighted by Gasteiger charge is 2.22. The first-order valence-corrected chi connectivity index (χ1v) is 8.23. The molecule has 0 saturated heterocycles. The molecule has 0 spiro atoms. The topological polar surface area (TPSA) is 42.0 Å². The van der Waals surface area contributed by atoms with Gasteiger partial charge in [-0.25, -0.2) is 4.98 Å². The van der Waals surface area contributed by atoms with Gasteiger partial charge in [-0.3, -0.25) is 4.79 Å². The number of amides is 1. The molecule has 1 amide bonds. The van der Waals surface area contributed by atoms with E-state index < -0.39 is 0 Å². The monoisotopic (exact) mass is 338 g/mol. The lowest BCUT2D eigenvalue weighted by Crippen LogP contribution is -2.30. The van der Waals surface area contributed by atoms with Crippen LogP contribution in [0.5, 0.6) is 0 Å². The summed E-state index contributed by atoms with van der Waals surface area (Å²) in [6.07, 6.45) is 0.903. The smallest absolute Gasteiger partial charge is 0.251 e. The third kappa shape index (κ3) is 3.34. The second kappa shape index (κ2) is 6.26. The zero-order valence-corrected chi connectivity index (χ0v) is 13.3. The van der Waals surface area contributed by atoms with Gasteiger partial charge in [-0.15, -0.1) is 11.8 Å². The molecular weight excluding hydrogens is 327 g/mol. The normalized spacial score (nSPS) is 17.1. The second-order valence-corrected chi connectivity index (χ2v) is 6.61. The standard InChI is InChI=1S/C15H12Cl2N2OS/c16-13-7-9(8-14(17)19-13)15(20)18-11-5-6-21-12-4-2-1-3-10(11)12/h1-4,7-8,11H,5-6H2,(H,18,20)/t11-/m1/s1. The molecule has 108 valence electrons. The van der Waals surface area contributed by atoms with Crippen LogP contribution in [0.25, 0.3) is 0 Å². The van der Waals surface area contributed by atoms with E-state index in [0.29, 0.717) is 5.56 Å². The van der Waals surface area contributed by atoms with Crippen LogP contribution in [0.1, 0.15) is 28.4 Å². The summed E-state index contributed by atoms with van der Waals surface area (Å²) in [6, 6.07) is 11.2. The molecule has 0 aliphatic carbocycles. The maximum Gasteiger partial charge on any atom is 0.251 e. The van der Waals surface area contributed by atoms with Gasteiger partial charge in [0.05, 0.1) is 6.04 Å². The fraction of sp³-hybridized carbons (Fsp3) is 0.200. The van der Waals surface area contributed by atoms with Gasteiger partial charge in [0.1, 0.15) is 10.3 Å². The number of hydrogen-bond donors (Lipinski definition) is 1. The van der Waals surface area contributed by atoms with Crippen molar-refractivity contribution < 1.29 is 4.79 Å². The SMILES string of the molecule is O=C(N[C@@H]1CCSc2ccccc21)c1cc(Cl)nc(Cl)c1. The third-order valence-corrected chi connectivity index (χ3v) is 4.80. The quantitative estimate of drug-likeness (QED) is 0.827. The van der Waals surface area contributed by atoms with Gasteiger partial charge in [0.15, 0.2) is 0 Å². The molecule has 0 unspecified atom stereocenters. The van der Waals surface area contributed by atoms with Gasteiger partial charge in [-0.2, -0.15) is 0 Å². The first kappa shape index (κ1) is 14.7. The fourth-order valence-electron chi connectivity index (χ4n) is 2.33. The number of pyridine rings is 1. The van der Waals surface area contributed by atoms with Crippen molar-refractivity contribution in [2.45, 2.75) is 17.4 Å². The van der Waals surface area contributed by atoms with Crippen molar-refractivity contribution >= 4 is 40.9 Å². The maximum atomic E-state index is 12.4. The fourth-order valence-corrected chi connectivity index (χ4v) is 3.92. The molecule has 1 aliphatic rings. The van der Waals surface area contributed by atoms with Crippen molar-refractivity contribution in [3.63, 3.8) is 0 Å². The Bertz CT molecular complexity index is 673. The van der Waals surface area contributed by atoms with Crippen LogP contribution in [0, 0.1) is 0 Å². The van der Waals surface area contributed by atoms with E-state index in [2.05, 4.69) is 22.4 Å². The van der Waals surface area contributed by atoms with E-state index in [0.717, 1.165) is 17.7 Å². The number of carbonyl (C=O) groups excluding carboxylic acids is 1.